The van der Waals surface area contributed by atoms with Gasteiger partial charge in [0.15, 0.2) is 0 Å². The molecular formula is C14H25N3O4. The van der Waals surface area contributed by atoms with E-state index in [4.69, 9.17) is 4.74 Å². The van der Waals surface area contributed by atoms with Gasteiger partial charge in [0.1, 0.15) is 11.6 Å². The highest BCUT2D eigenvalue weighted by molar-refractivity contribution is 5.88. The van der Waals surface area contributed by atoms with E-state index in [9.17, 15) is 14.4 Å². The van der Waals surface area contributed by atoms with Crippen LogP contribution in [0.5, 0.6) is 0 Å². The molecule has 7 nitrogen and oxygen atoms in total. The first-order chi connectivity index (χ1) is 9.70. The summed E-state index contributed by atoms with van der Waals surface area (Å²) >= 11 is 0. The molecule has 7 heteroatoms. The molecule has 1 fully saturated rings. The Kier molecular flexibility index (Phi) is 5.99. The van der Waals surface area contributed by atoms with Crippen molar-refractivity contribution in [3.05, 3.63) is 0 Å². The van der Waals surface area contributed by atoms with Gasteiger partial charge in [0.2, 0.25) is 11.8 Å². The standard InChI is InChI=1S/C14H25N3O4/c1-10-12(19)15-8-9-17(10)11(18)6-5-7-16-13(20)21-14(2,3)4/h10H,5-9H2,1-4H3,(H,15,19)(H,16,20). The first-order valence-corrected chi connectivity index (χ1v) is 7.25. The third-order valence-corrected chi connectivity index (χ3v) is 3.05. The lowest BCUT2D eigenvalue weighted by Gasteiger charge is -2.32. The van der Waals surface area contributed by atoms with Crippen LogP contribution in [0.2, 0.25) is 0 Å². The summed E-state index contributed by atoms with van der Waals surface area (Å²) in [6.45, 7) is 8.48. The zero-order valence-electron chi connectivity index (χ0n) is 13.2. The van der Waals surface area contributed by atoms with Gasteiger partial charge in [0, 0.05) is 26.1 Å². The van der Waals surface area contributed by atoms with Crippen LogP contribution in [-0.2, 0) is 14.3 Å². The highest BCUT2D eigenvalue weighted by Crippen LogP contribution is 2.08. The van der Waals surface area contributed by atoms with Crippen LogP contribution < -0.4 is 10.6 Å². The molecule has 1 atom stereocenters. The number of piperazine rings is 1. The van der Waals surface area contributed by atoms with E-state index in [0.29, 0.717) is 32.5 Å². The maximum atomic E-state index is 12.0. The first kappa shape index (κ1) is 17.3. The summed E-state index contributed by atoms with van der Waals surface area (Å²) < 4.78 is 5.09. The number of hydrogen-bond donors (Lipinski definition) is 2. The van der Waals surface area contributed by atoms with E-state index >= 15 is 0 Å². The molecular weight excluding hydrogens is 274 g/mol. The topological polar surface area (TPSA) is 87.7 Å². The molecule has 0 radical (unpaired) electrons. The monoisotopic (exact) mass is 299 g/mol. The third kappa shape index (κ3) is 6.01. The van der Waals surface area contributed by atoms with Crippen molar-refractivity contribution in [1.29, 1.82) is 0 Å². The molecule has 120 valence electrons. The van der Waals surface area contributed by atoms with E-state index in [1.807, 2.05) is 0 Å². The Morgan fingerprint density at radius 3 is 2.71 bits per heavy atom. The number of nitrogens with one attached hydrogen (secondary N) is 2. The number of nitrogens with zero attached hydrogens (tertiary/aromatic N) is 1. The summed E-state index contributed by atoms with van der Waals surface area (Å²) in [6, 6.07) is -0.426. The first-order valence-electron chi connectivity index (χ1n) is 7.25. The number of alkyl carbamates (subject to hydrolysis) is 1. The second kappa shape index (κ2) is 7.28. The minimum atomic E-state index is -0.531. The number of rotatable bonds is 4. The number of carbonyl (C=O) groups excluding carboxylic acids is 3. The van der Waals surface area contributed by atoms with Crippen LogP contribution in [-0.4, -0.2) is 54.1 Å². The van der Waals surface area contributed by atoms with E-state index in [1.54, 1.807) is 32.6 Å². The van der Waals surface area contributed by atoms with Gasteiger partial charge in [-0.1, -0.05) is 0 Å². The molecule has 1 saturated heterocycles. The molecule has 0 aromatic carbocycles. The van der Waals surface area contributed by atoms with Crippen molar-refractivity contribution in [3.63, 3.8) is 0 Å². The SMILES string of the molecule is CC1C(=O)NCCN1C(=O)CCCNC(=O)OC(C)(C)C. The average molecular weight is 299 g/mol. The summed E-state index contributed by atoms with van der Waals surface area (Å²) in [5.41, 5.74) is -0.531. The van der Waals surface area contributed by atoms with Gasteiger partial charge in [0.05, 0.1) is 0 Å². The Morgan fingerprint density at radius 1 is 1.43 bits per heavy atom. The summed E-state index contributed by atoms with van der Waals surface area (Å²) in [5.74, 6) is -0.190. The Balaban J connectivity index is 2.25. The smallest absolute Gasteiger partial charge is 0.407 e. The Morgan fingerprint density at radius 2 is 2.10 bits per heavy atom. The quantitative estimate of drug-likeness (QED) is 0.746. The summed E-state index contributed by atoms with van der Waals surface area (Å²) in [7, 11) is 0. The van der Waals surface area contributed by atoms with Gasteiger partial charge in [-0.3, -0.25) is 9.59 Å². The van der Waals surface area contributed by atoms with Crippen LogP contribution in [0.1, 0.15) is 40.5 Å². The van der Waals surface area contributed by atoms with Crippen molar-refractivity contribution in [2.24, 2.45) is 0 Å². The van der Waals surface area contributed by atoms with Gasteiger partial charge < -0.3 is 20.3 Å². The molecule has 1 unspecified atom stereocenters. The van der Waals surface area contributed by atoms with Crippen molar-refractivity contribution in [1.82, 2.24) is 15.5 Å². The molecule has 0 aromatic rings. The Hall–Kier alpha value is -1.79. The van der Waals surface area contributed by atoms with Crippen molar-refractivity contribution in [2.45, 2.75) is 52.2 Å². The lowest BCUT2D eigenvalue weighted by atomic mass is 10.1. The molecule has 1 heterocycles. The van der Waals surface area contributed by atoms with E-state index < -0.39 is 17.7 Å². The molecule has 0 bridgehead atoms. The van der Waals surface area contributed by atoms with E-state index in [1.165, 1.54) is 0 Å². The fourth-order valence-electron chi connectivity index (χ4n) is 2.01. The second-order valence-corrected chi connectivity index (χ2v) is 6.09. The Bertz CT molecular complexity index is 404. The lowest BCUT2D eigenvalue weighted by Crippen LogP contribution is -2.55. The van der Waals surface area contributed by atoms with Crippen molar-refractivity contribution < 1.29 is 19.1 Å². The van der Waals surface area contributed by atoms with Gasteiger partial charge in [-0.15, -0.1) is 0 Å². The molecule has 0 saturated carbocycles. The second-order valence-electron chi connectivity index (χ2n) is 6.09. The van der Waals surface area contributed by atoms with Crippen LogP contribution >= 0.6 is 0 Å². The predicted molar refractivity (Wildman–Crippen MR) is 77.7 cm³/mol. The minimum Gasteiger partial charge on any atom is -0.444 e. The fourth-order valence-corrected chi connectivity index (χ4v) is 2.01. The molecule has 1 aliphatic rings. The average Bonchev–Trinajstić information content (AvgIpc) is 2.35. The van der Waals surface area contributed by atoms with E-state index in [0.717, 1.165) is 0 Å². The molecule has 0 aromatic heterocycles. The summed E-state index contributed by atoms with van der Waals surface area (Å²) in [6.07, 6.45) is 0.330. The van der Waals surface area contributed by atoms with Crippen molar-refractivity contribution >= 4 is 17.9 Å². The largest absolute Gasteiger partial charge is 0.444 e. The molecule has 0 aliphatic carbocycles. The predicted octanol–water partition coefficient (Wildman–Crippen LogP) is 0.638. The van der Waals surface area contributed by atoms with Gasteiger partial charge in [0.25, 0.3) is 0 Å². The minimum absolute atomic E-state index is 0.0664. The maximum absolute atomic E-state index is 12.0. The van der Waals surface area contributed by atoms with Gasteiger partial charge in [-0.2, -0.15) is 0 Å². The summed E-state index contributed by atoms with van der Waals surface area (Å²) in [4.78, 5) is 36.5. The van der Waals surface area contributed by atoms with E-state index in [-0.39, 0.29) is 11.8 Å². The molecule has 21 heavy (non-hydrogen) atoms. The Labute approximate surface area is 125 Å². The summed E-state index contributed by atoms with van der Waals surface area (Å²) in [5, 5.41) is 5.32. The maximum Gasteiger partial charge on any atom is 0.407 e. The van der Waals surface area contributed by atoms with Crippen LogP contribution in [0, 0.1) is 0 Å². The third-order valence-electron chi connectivity index (χ3n) is 3.05. The van der Waals surface area contributed by atoms with Gasteiger partial charge in [-0.25, -0.2) is 4.79 Å². The molecule has 1 rings (SSSR count). The number of ether oxygens (including phenoxy) is 1. The molecule has 0 spiro atoms. The normalized spacial score (nSPS) is 19.0. The molecule has 2 N–H and O–H groups in total. The van der Waals surface area contributed by atoms with Crippen LogP contribution in [0.15, 0.2) is 0 Å². The number of amides is 3. The van der Waals surface area contributed by atoms with Crippen LogP contribution in [0.4, 0.5) is 4.79 Å². The molecule has 1 aliphatic heterocycles. The van der Waals surface area contributed by atoms with Crippen molar-refractivity contribution in [2.75, 3.05) is 19.6 Å². The number of hydrogen-bond acceptors (Lipinski definition) is 4. The lowest BCUT2D eigenvalue weighted by molar-refractivity contribution is -0.142. The van der Waals surface area contributed by atoms with Gasteiger partial charge in [-0.05, 0) is 34.1 Å². The van der Waals surface area contributed by atoms with Crippen LogP contribution in [0.25, 0.3) is 0 Å². The zero-order chi connectivity index (χ0) is 16.0. The number of carbonyl (C=O) groups is 3. The highest BCUT2D eigenvalue weighted by atomic mass is 16.6. The van der Waals surface area contributed by atoms with Crippen LogP contribution in [0.3, 0.4) is 0 Å². The van der Waals surface area contributed by atoms with Gasteiger partial charge >= 0.3 is 6.09 Å². The van der Waals surface area contributed by atoms with E-state index in [2.05, 4.69) is 10.6 Å². The van der Waals surface area contributed by atoms with Crippen molar-refractivity contribution in [3.8, 4) is 0 Å². The zero-order valence-corrected chi connectivity index (χ0v) is 13.2. The fraction of sp³-hybridized carbons (Fsp3) is 0.786. The molecule has 3 amide bonds. The highest BCUT2D eigenvalue weighted by Gasteiger charge is 2.28.